The molecule has 5 rings (SSSR count). The number of aryl methyl sites for hydroxylation is 1. The van der Waals surface area contributed by atoms with Crippen LogP contribution in [0.25, 0.3) is 16.6 Å². The highest BCUT2D eigenvalue weighted by Crippen LogP contribution is 2.44. The lowest BCUT2D eigenvalue weighted by Crippen LogP contribution is -2.23. The molecule has 0 radical (unpaired) electrons. The van der Waals surface area contributed by atoms with Gasteiger partial charge in [-0.3, -0.25) is 14.9 Å². The minimum atomic E-state index is -0.374. The molecule has 2 atom stereocenters. The average Bonchev–Trinajstić information content (AvgIpc) is 3.19. The Morgan fingerprint density at radius 3 is 2.90 bits per heavy atom. The van der Waals surface area contributed by atoms with Crippen LogP contribution in [0, 0.1) is 5.92 Å². The van der Waals surface area contributed by atoms with E-state index >= 15 is 0 Å². The number of aliphatic hydroxyl groups is 1. The van der Waals surface area contributed by atoms with Crippen molar-refractivity contribution in [1.82, 2.24) is 14.9 Å². The Morgan fingerprint density at radius 2 is 2.03 bits per heavy atom. The summed E-state index contributed by atoms with van der Waals surface area (Å²) in [5, 5.41) is 12.8. The number of carbonyl (C=O) groups is 2. The molecule has 4 heterocycles. The van der Waals surface area contributed by atoms with Crippen LogP contribution >= 0.6 is 11.8 Å². The standard InChI is InChI=1S/C23H21N3O3S/c27-10-4-9-26-13-17(16-7-3-8-24-21(16)26)19-20(23(29)25-22(19)28)18-12-14-5-1-2-6-15(11-14)30-18/h1-3,5-8,12-15,27H,4,9-11H2,(H,25,28,29). The fourth-order valence-electron chi connectivity index (χ4n) is 4.25. The van der Waals surface area contributed by atoms with Crippen molar-refractivity contribution in [3.05, 3.63) is 70.9 Å². The molecule has 2 aromatic heterocycles. The SMILES string of the molecule is O=C1NC(=O)C(c2cn(CCCO)c3ncccc23)=C1C1=CC2C=CC=CC(C2)S1. The van der Waals surface area contributed by atoms with Crippen molar-refractivity contribution in [2.75, 3.05) is 6.61 Å². The fraction of sp³-hybridized carbons (Fsp3) is 0.261. The van der Waals surface area contributed by atoms with Gasteiger partial charge in [0.1, 0.15) is 5.65 Å². The van der Waals surface area contributed by atoms with E-state index in [1.807, 2.05) is 35.0 Å². The average molecular weight is 420 g/mol. The molecule has 0 spiro atoms. The molecule has 2 aromatic rings. The summed E-state index contributed by atoms with van der Waals surface area (Å²) >= 11 is 1.64. The second kappa shape index (κ2) is 7.74. The number of carbonyl (C=O) groups excluding carboxylic acids is 2. The molecule has 2 amide bonds. The van der Waals surface area contributed by atoms with E-state index in [1.165, 1.54) is 0 Å². The van der Waals surface area contributed by atoms with Gasteiger partial charge < -0.3 is 9.67 Å². The molecule has 30 heavy (non-hydrogen) atoms. The zero-order valence-electron chi connectivity index (χ0n) is 16.2. The first-order chi connectivity index (χ1) is 14.7. The van der Waals surface area contributed by atoms with Gasteiger partial charge in [0.2, 0.25) is 0 Å². The predicted octanol–water partition coefficient (Wildman–Crippen LogP) is 2.96. The maximum Gasteiger partial charge on any atom is 0.260 e. The largest absolute Gasteiger partial charge is 0.396 e. The first-order valence-electron chi connectivity index (χ1n) is 10.0. The number of hydrogen-bond donors (Lipinski definition) is 2. The van der Waals surface area contributed by atoms with Crippen molar-refractivity contribution in [3.8, 4) is 0 Å². The number of nitrogens with one attached hydrogen (secondary N) is 1. The van der Waals surface area contributed by atoms with Crippen LogP contribution in [0.5, 0.6) is 0 Å². The highest BCUT2D eigenvalue weighted by atomic mass is 32.2. The highest BCUT2D eigenvalue weighted by Gasteiger charge is 2.37. The van der Waals surface area contributed by atoms with E-state index in [1.54, 1.807) is 18.0 Å². The third kappa shape index (κ3) is 3.24. The Balaban J connectivity index is 1.68. The van der Waals surface area contributed by atoms with Gasteiger partial charge in [0.25, 0.3) is 11.8 Å². The second-order valence-corrected chi connectivity index (χ2v) is 8.86. The van der Waals surface area contributed by atoms with Gasteiger partial charge >= 0.3 is 0 Å². The summed E-state index contributed by atoms with van der Waals surface area (Å²) in [6, 6.07) is 3.75. The molecule has 6 nitrogen and oxygen atoms in total. The van der Waals surface area contributed by atoms with Crippen LogP contribution in [-0.4, -0.2) is 38.3 Å². The molecule has 7 heteroatoms. The molecule has 2 aliphatic heterocycles. The van der Waals surface area contributed by atoms with Gasteiger partial charge in [-0.2, -0.15) is 0 Å². The summed E-state index contributed by atoms with van der Waals surface area (Å²) in [6.07, 6.45) is 15.6. The van der Waals surface area contributed by atoms with E-state index in [0.717, 1.165) is 22.4 Å². The minimum Gasteiger partial charge on any atom is -0.396 e. The van der Waals surface area contributed by atoms with Crippen molar-refractivity contribution in [2.45, 2.75) is 24.6 Å². The number of pyridine rings is 1. The number of hydrogen-bond acceptors (Lipinski definition) is 5. The second-order valence-electron chi connectivity index (χ2n) is 7.58. The van der Waals surface area contributed by atoms with Crippen LogP contribution in [0.4, 0.5) is 0 Å². The van der Waals surface area contributed by atoms with Crippen LogP contribution in [-0.2, 0) is 16.1 Å². The van der Waals surface area contributed by atoms with E-state index in [-0.39, 0.29) is 29.6 Å². The smallest absolute Gasteiger partial charge is 0.260 e. The van der Waals surface area contributed by atoms with E-state index in [9.17, 15) is 14.7 Å². The number of nitrogens with zero attached hydrogens (tertiary/aromatic N) is 2. The molecule has 1 aliphatic carbocycles. The number of rotatable bonds is 5. The van der Waals surface area contributed by atoms with Crippen molar-refractivity contribution in [1.29, 1.82) is 0 Å². The summed E-state index contributed by atoms with van der Waals surface area (Å²) in [4.78, 5) is 31.1. The quantitative estimate of drug-likeness (QED) is 0.728. The van der Waals surface area contributed by atoms with E-state index in [2.05, 4.69) is 28.5 Å². The number of imide groups is 1. The number of allylic oxidation sites excluding steroid dienone is 4. The van der Waals surface area contributed by atoms with Gasteiger partial charge in [0.15, 0.2) is 0 Å². The molecule has 2 bridgehead atoms. The van der Waals surface area contributed by atoms with E-state index < -0.39 is 0 Å². The topological polar surface area (TPSA) is 84.2 Å². The Bertz CT molecular complexity index is 1170. The van der Waals surface area contributed by atoms with E-state index in [0.29, 0.717) is 29.7 Å². The summed E-state index contributed by atoms with van der Waals surface area (Å²) < 4.78 is 1.94. The predicted molar refractivity (Wildman–Crippen MR) is 117 cm³/mol. The van der Waals surface area contributed by atoms with Crippen molar-refractivity contribution in [3.63, 3.8) is 0 Å². The Morgan fingerprint density at radius 1 is 1.20 bits per heavy atom. The number of aromatic nitrogens is 2. The number of thioether (sulfide) groups is 1. The molecule has 152 valence electrons. The Labute approximate surface area is 178 Å². The number of aliphatic hydroxyl groups excluding tert-OH is 1. The highest BCUT2D eigenvalue weighted by molar-refractivity contribution is 8.04. The molecule has 2 N–H and O–H groups in total. The van der Waals surface area contributed by atoms with Crippen molar-refractivity contribution >= 4 is 40.2 Å². The van der Waals surface area contributed by atoms with Gasteiger partial charge in [-0.15, -0.1) is 11.8 Å². The van der Waals surface area contributed by atoms with Crippen molar-refractivity contribution in [2.24, 2.45) is 5.92 Å². The number of amides is 2. The lowest BCUT2D eigenvalue weighted by molar-refractivity contribution is -0.123. The molecule has 0 saturated heterocycles. The summed E-state index contributed by atoms with van der Waals surface area (Å²) in [6.45, 7) is 0.654. The number of fused-ring (bicyclic) bond motifs is 3. The van der Waals surface area contributed by atoms with Gasteiger partial charge in [0, 0.05) is 46.7 Å². The summed E-state index contributed by atoms with van der Waals surface area (Å²) in [7, 11) is 0. The minimum absolute atomic E-state index is 0.0715. The van der Waals surface area contributed by atoms with Crippen LogP contribution in [0.1, 0.15) is 18.4 Å². The monoisotopic (exact) mass is 419 g/mol. The van der Waals surface area contributed by atoms with Gasteiger partial charge in [-0.25, -0.2) is 4.98 Å². The lowest BCUT2D eigenvalue weighted by Gasteiger charge is -2.24. The molecule has 2 unspecified atom stereocenters. The third-order valence-electron chi connectivity index (χ3n) is 5.58. The third-order valence-corrected chi connectivity index (χ3v) is 6.83. The maximum atomic E-state index is 12.9. The molecule has 3 aliphatic rings. The molecular weight excluding hydrogens is 398 g/mol. The molecule has 0 fully saturated rings. The summed E-state index contributed by atoms with van der Waals surface area (Å²) in [5.41, 5.74) is 2.31. The first-order valence-corrected chi connectivity index (χ1v) is 10.9. The van der Waals surface area contributed by atoms with E-state index in [4.69, 9.17) is 0 Å². The molecule has 0 saturated carbocycles. The van der Waals surface area contributed by atoms with Crippen LogP contribution < -0.4 is 5.32 Å². The lowest BCUT2D eigenvalue weighted by atomic mass is 9.97. The Kier molecular flexibility index (Phi) is 4.92. The molecular formula is C23H21N3O3S. The van der Waals surface area contributed by atoms with Crippen molar-refractivity contribution < 1.29 is 14.7 Å². The fourth-order valence-corrected chi connectivity index (χ4v) is 5.63. The van der Waals surface area contributed by atoms with Crippen LogP contribution in [0.15, 0.2) is 65.4 Å². The maximum absolute atomic E-state index is 12.9. The first kappa shape index (κ1) is 19.1. The molecule has 0 aromatic carbocycles. The van der Waals surface area contributed by atoms with Gasteiger partial charge in [-0.1, -0.05) is 30.4 Å². The van der Waals surface area contributed by atoms with Gasteiger partial charge in [-0.05, 0) is 30.9 Å². The van der Waals surface area contributed by atoms with Gasteiger partial charge in [0.05, 0.1) is 11.1 Å². The van der Waals surface area contributed by atoms with Crippen LogP contribution in [0.2, 0.25) is 0 Å². The zero-order valence-corrected chi connectivity index (χ0v) is 17.1. The normalized spacial score (nSPS) is 23.2. The zero-order chi connectivity index (χ0) is 20.7. The van der Waals surface area contributed by atoms with Crippen LogP contribution in [0.3, 0.4) is 0 Å². The summed E-state index contributed by atoms with van der Waals surface area (Å²) in [5.74, 6) is -0.479. The Hall–Kier alpha value is -2.90.